The maximum Gasteiger partial charge on any atom is 0.338 e. The van der Waals surface area contributed by atoms with Gasteiger partial charge in [-0.2, -0.15) is 0 Å². The summed E-state index contributed by atoms with van der Waals surface area (Å²) in [7, 11) is 1.60. The first-order valence-electron chi connectivity index (χ1n) is 10.7. The van der Waals surface area contributed by atoms with E-state index in [2.05, 4.69) is 0 Å². The van der Waals surface area contributed by atoms with Crippen molar-refractivity contribution in [3.8, 4) is 5.75 Å². The summed E-state index contributed by atoms with van der Waals surface area (Å²) in [4.78, 5) is 40.6. The molecule has 0 aromatic heterocycles. The van der Waals surface area contributed by atoms with Crippen molar-refractivity contribution in [3.05, 3.63) is 53.6 Å². The standard InChI is InChI=1S/C25H29NO6S/c1-6-31-24(29)17-9-12-20-19(14-17)26(15-22(27)32-25(2,3)4)23(28)21(33-20)13-16-7-10-18(30-5)11-8-16/h7-12,14,21H,6,13,15H2,1-5H3. The van der Waals surface area contributed by atoms with Gasteiger partial charge in [-0.25, -0.2) is 4.79 Å². The smallest absolute Gasteiger partial charge is 0.338 e. The van der Waals surface area contributed by atoms with E-state index in [-0.39, 0.29) is 19.1 Å². The number of carbonyl (C=O) groups is 3. The Morgan fingerprint density at radius 2 is 1.79 bits per heavy atom. The second-order valence-electron chi connectivity index (χ2n) is 8.57. The predicted octanol–water partition coefficient (Wildman–Crippen LogP) is 4.26. The van der Waals surface area contributed by atoms with E-state index in [4.69, 9.17) is 14.2 Å². The highest BCUT2D eigenvalue weighted by molar-refractivity contribution is 8.01. The van der Waals surface area contributed by atoms with Crippen LogP contribution in [0.15, 0.2) is 47.4 Å². The van der Waals surface area contributed by atoms with Crippen LogP contribution in [0.2, 0.25) is 0 Å². The number of hydrogen-bond acceptors (Lipinski definition) is 7. The molecule has 2 aromatic rings. The Bertz CT molecular complexity index is 1030. The molecule has 0 radical (unpaired) electrons. The zero-order valence-electron chi connectivity index (χ0n) is 19.5. The number of amides is 1. The highest BCUT2D eigenvalue weighted by atomic mass is 32.2. The molecule has 176 valence electrons. The van der Waals surface area contributed by atoms with Crippen LogP contribution in [0.1, 0.15) is 43.6 Å². The number of rotatable bonds is 7. The molecule has 0 aliphatic carbocycles. The number of fused-ring (bicyclic) bond motifs is 1. The Morgan fingerprint density at radius 3 is 2.39 bits per heavy atom. The average molecular weight is 472 g/mol. The molecule has 2 aromatic carbocycles. The van der Waals surface area contributed by atoms with Crippen LogP contribution >= 0.6 is 11.8 Å². The van der Waals surface area contributed by atoms with Gasteiger partial charge in [-0.05, 0) is 70.0 Å². The van der Waals surface area contributed by atoms with E-state index in [0.29, 0.717) is 17.7 Å². The third-order valence-corrected chi connectivity index (χ3v) is 6.11. The number of benzene rings is 2. The van der Waals surface area contributed by atoms with Gasteiger partial charge < -0.3 is 14.2 Å². The molecule has 33 heavy (non-hydrogen) atoms. The zero-order valence-corrected chi connectivity index (χ0v) is 20.4. The Morgan fingerprint density at radius 1 is 1.09 bits per heavy atom. The van der Waals surface area contributed by atoms with E-state index in [1.165, 1.54) is 16.7 Å². The Kier molecular flexibility index (Phi) is 7.68. The summed E-state index contributed by atoms with van der Waals surface area (Å²) in [5.74, 6) is -0.464. The Balaban J connectivity index is 1.92. The van der Waals surface area contributed by atoms with Gasteiger partial charge in [-0.3, -0.25) is 14.5 Å². The molecule has 8 heteroatoms. The number of nitrogens with zero attached hydrogens (tertiary/aromatic N) is 1. The molecule has 1 unspecified atom stereocenters. The van der Waals surface area contributed by atoms with Gasteiger partial charge in [0.1, 0.15) is 17.9 Å². The first-order chi connectivity index (χ1) is 15.6. The van der Waals surface area contributed by atoms with Gasteiger partial charge in [0.2, 0.25) is 5.91 Å². The van der Waals surface area contributed by atoms with Crippen LogP contribution in [-0.2, 0) is 25.5 Å². The number of thioether (sulfide) groups is 1. The van der Waals surface area contributed by atoms with E-state index in [1.54, 1.807) is 53.0 Å². The molecule has 0 bridgehead atoms. The fourth-order valence-electron chi connectivity index (χ4n) is 3.44. The molecule has 0 saturated heterocycles. The lowest BCUT2D eigenvalue weighted by molar-refractivity contribution is -0.153. The molecular formula is C25H29NO6S. The number of esters is 2. The number of methoxy groups -OCH3 is 1. The molecule has 1 aliphatic heterocycles. The average Bonchev–Trinajstić information content (AvgIpc) is 2.75. The summed E-state index contributed by atoms with van der Waals surface area (Å²) in [5, 5.41) is -0.429. The lowest BCUT2D eigenvalue weighted by Gasteiger charge is -2.34. The van der Waals surface area contributed by atoms with Crippen molar-refractivity contribution < 1.29 is 28.6 Å². The minimum atomic E-state index is -0.678. The SMILES string of the molecule is CCOC(=O)c1ccc2c(c1)N(CC(=O)OC(C)(C)C)C(=O)C(Cc1ccc(OC)cc1)S2. The van der Waals surface area contributed by atoms with Gasteiger partial charge in [-0.1, -0.05) is 12.1 Å². The van der Waals surface area contributed by atoms with Gasteiger partial charge in [-0.15, -0.1) is 11.8 Å². The summed E-state index contributed by atoms with van der Waals surface area (Å²) in [6.07, 6.45) is 0.484. The van der Waals surface area contributed by atoms with Crippen molar-refractivity contribution in [1.82, 2.24) is 0 Å². The summed E-state index contributed by atoms with van der Waals surface area (Å²) < 4.78 is 15.8. The van der Waals surface area contributed by atoms with Crippen LogP contribution in [0.4, 0.5) is 5.69 Å². The molecule has 0 N–H and O–H groups in total. The van der Waals surface area contributed by atoms with Crippen molar-refractivity contribution in [2.75, 3.05) is 25.2 Å². The van der Waals surface area contributed by atoms with Crippen LogP contribution in [0.5, 0.6) is 5.75 Å². The first kappa shape index (κ1) is 24.6. The number of carbonyl (C=O) groups excluding carboxylic acids is 3. The fourth-order valence-corrected chi connectivity index (χ4v) is 4.68. The van der Waals surface area contributed by atoms with Crippen LogP contribution in [-0.4, -0.2) is 49.0 Å². The lowest BCUT2D eigenvalue weighted by atomic mass is 10.1. The van der Waals surface area contributed by atoms with E-state index in [0.717, 1.165) is 16.2 Å². The van der Waals surface area contributed by atoms with Crippen molar-refractivity contribution >= 4 is 35.3 Å². The third kappa shape index (κ3) is 6.28. The normalized spacial score (nSPS) is 15.6. The topological polar surface area (TPSA) is 82.1 Å². The molecule has 0 saturated carbocycles. The molecule has 0 fully saturated rings. The Labute approximate surface area is 198 Å². The van der Waals surface area contributed by atoms with Crippen LogP contribution in [0.3, 0.4) is 0 Å². The van der Waals surface area contributed by atoms with Gasteiger partial charge in [0.05, 0.1) is 30.2 Å². The zero-order chi connectivity index (χ0) is 24.2. The first-order valence-corrected chi connectivity index (χ1v) is 11.6. The summed E-state index contributed by atoms with van der Waals surface area (Å²) in [6.45, 7) is 7.06. The van der Waals surface area contributed by atoms with Gasteiger partial charge >= 0.3 is 11.9 Å². The van der Waals surface area contributed by atoms with E-state index < -0.39 is 22.8 Å². The number of ether oxygens (including phenoxy) is 3. The number of anilines is 1. The molecular weight excluding hydrogens is 442 g/mol. The minimum absolute atomic E-state index is 0.213. The summed E-state index contributed by atoms with van der Waals surface area (Å²) >= 11 is 1.42. The molecule has 1 atom stereocenters. The molecule has 1 amide bonds. The maximum atomic E-state index is 13.5. The van der Waals surface area contributed by atoms with Crippen LogP contribution in [0.25, 0.3) is 0 Å². The Hall–Kier alpha value is -3.00. The molecule has 1 aliphatic rings. The second-order valence-corrected chi connectivity index (χ2v) is 9.82. The van der Waals surface area contributed by atoms with Gasteiger partial charge in [0, 0.05) is 4.90 Å². The third-order valence-electron chi connectivity index (χ3n) is 4.86. The van der Waals surface area contributed by atoms with Gasteiger partial charge in [0.15, 0.2) is 0 Å². The van der Waals surface area contributed by atoms with Crippen LogP contribution in [0, 0.1) is 0 Å². The van der Waals surface area contributed by atoms with Crippen molar-refractivity contribution in [1.29, 1.82) is 0 Å². The predicted molar refractivity (Wildman–Crippen MR) is 127 cm³/mol. The molecule has 1 heterocycles. The highest BCUT2D eigenvalue weighted by Crippen LogP contribution is 2.41. The molecule has 3 rings (SSSR count). The fraction of sp³-hybridized carbons (Fsp3) is 0.400. The monoisotopic (exact) mass is 471 g/mol. The van der Waals surface area contributed by atoms with E-state index in [9.17, 15) is 14.4 Å². The van der Waals surface area contributed by atoms with E-state index >= 15 is 0 Å². The summed E-state index contributed by atoms with van der Waals surface area (Å²) in [5.41, 5.74) is 1.13. The number of hydrogen-bond donors (Lipinski definition) is 0. The highest BCUT2D eigenvalue weighted by Gasteiger charge is 2.36. The lowest BCUT2D eigenvalue weighted by Crippen LogP contribution is -2.46. The quantitative estimate of drug-likeness (QED) is 0.558. The minimum Gasteiger partial charge on any atom is -0.497 e. The summed E-state index contributed by atoms with van der Waals surface area (Å²) in [6, 6.07) is 12.6. The molecule has 0 spiro atoms. The van der Waals surface area contributed by atoms with Gasteiger partial charge in [0.25, 0.3) is 0 Å². The van der Waals surface area contributed by atoms with Crippen molar-refractivity contribution in [2.45, 2.75) is 49.9 Å². The largest absolute Gasteiger partial charge is 0.497 e. The van der Waals surface area contributed by atoms with Crippen LogP contribution < -0.4 is 9.64 Å². The van der Waals surface area contributed by atoms with Crippen molar-refractivity contribution in [2.24, 2.45) is 0 Å². The van der Waals surface area contributed by atoms with E-state index in [1.807, 2.05) is 24.3 Å². The second kappa shape index (κ2) is 10.3. The molecule has 7 nitrogen and oxygen atoms in total. The van der Waals surface area contributed by atoms with Crippen molar-refractivity contribution in [3.63, 3.8) is 0 Å². The maximum absolute atomic E-state index is 13.5.